The van der Waals surface area contributed by atoms with Gasteiger partial charge in [-0.3, -0.25) is 4.79 Å². The van der Waals surface area contributed by atoms with Gasteiger partial charge in [0.1, 0.15) is 0 Å². The lowest BCUT2D eigenvalue weighted by Gasteiger charge is -2.29. The van der Waals surface area contributed by atoms with E-state index in [4.69, 9.17) is 0 Å². The molecule has 2 saturated heterocycles. The van der Waals surface area contributed by atoms with Gasteiger partial charge in [0, 0.05) is 25.0 Å². The average Bonchev–Trinajstić information content (AvgIpc) is 2.96. The van der Waals surface area contributed by atoms with Crippen molar-refractivity contribution in [3.05, 3.63) is 0 Å². The standard InChI is InChI=1S/C11H17N5O3S2/c1-6(17)12-10-14-15-11(20-10)21(18,19)16-9-4-7-2-3-8(5-9)13-7/h7-9,13,16H,2-5H2,1H3,(H,12,14,17). The van der Waals surface area contributed by atoms with E-state index in [1.165, 1.54) is 6.92 Å². The van der Waals surface area contributed by atoms with Crippen molar-refractivity contribution in [3.63, 3.8) is 0 Å². The van der Waals surface area contributed by atoms with E-state index in [1.807, 2.05) is 0 Å². The number of carbonyl (C=O) groups is 1. The molecule has 2 unspecified atom stereocenters. The molecule has 10 heteroatoms. The number of nitrogens with zero attached hydrogens (tertiary/aromatic N) is 2. The second kappa shape index (κ2) is 5.59. The number of sulfonamides is 1. The predicted molar refractivity (Wildman–Crippen MR) is 77.5 cm³/mol. The van der Waals surface area contributed by atoms with Crippen LogP contribution in [-0.4, -0.2) is 42.6 Å². The lowest BCUT2D eigenvalue weighted by Crippen LogP contribution is -2.47. The van der Waals surface area contributed by atoms with Crippen LogP contribution in [0.4, 0.5) is 5.13 Å². The third-order valence-electron chi connectivity index (χ3n) is 3.71. The Bertz CT molecular complexity index is 632. The largest absolute Gasteiger partial charge is 0.311 e. The molecule has 3 N–H and O–H groups in total. The maximum absolute atomic E-state index is 12.3. The highest BCUT2D eigenvalue weighted by Gasteiger charge is 2.36. The topological polar surface area (TPSA) is 113 Å². The number of nitrogens with one attached hydrogen (secondary N) is 3. The lowest BCUT2D eigenvalue weighted by molar-refractivity contribution is -0.114. The fraction of sp³-hybridized carbons (Fsp3) is 0.727. The fourth-order valence-corrected chi connectivity index (χ4v) is 5.17. The molecule has 2 fully saturated rings. The van der Waals surface area contributed by atoms with E-state index in [0.717, 1.165) is 37.0 Å². The Morgan fingerprint density at radius 2 is 1.95 bits per heavy atom. The van der Waals surface area contributed by atoms with Gasteiger partial charge in [0.15, 0.2) is 0 Å². The molecule has 1 aromatic rings. The van der Waals surface area contributed by atoms with E-state index in [1.54, 1.807) is 0 Å². The fourth-order valence-electron chi connectivity index (χ4n) is 2.94. The maximum Gasteiger partial charge on any atom is 0.270 e. The zero-order valence-corrected chi connectivity index (χ0v) is 13.1. The van der Waals surface area contributed by atoms with Crippen LogP contribution in [0.15, 0.2) is 4.34 Å². The van der Waals surface area contributed by atoms with Gasteiger partial charge in [-0.15, -0.1) is 10.2 Å². The number of hydrogen-bond donors (Lipinski definition) is 3. The van der Waals surface area contributed by atoms with Crippen LogP contribution in [0.25, 0.3) is 0 Å². The summed E-state index contributed by atoms with van der Waals surface area (Å²) in [4.78, 5) is 10.9. The number of piperidine rings is 1. The quantitative estimate of drug-likeness (QED) is 0.672. The van der Waals surface area contributed by atoms with Crippen LogP contribution in [0.3, 0.4) is 0 Å². The maximum atomic E-state index is 12.3. The Morgan fingerprint density at radius 3 is 2.57 bits per heavy atom. The summed E-state index contributed by atoms with van der Waals surface area (Å²) in [6, 6.07) is 0.739. The van der Waals surface area contributed by atoms with Gasteiger partial charge in [-0.2, -0.15) is 0 Å². The number of fused-ring (bicyclic) bond motifs is 2. The first-order valence-corrected chi connectivity index (χ1v) is 9.12. The van der Waals surface area contributed by atoms with Crippen LogP contribution in [0.5, 0.6) is 0 Å². The van der Waals surface area contributed by atoms with Gasteiger partial charge in [-0.25, -0.2) is 13.1 Å². The summed E-state index contributed by atoms with van der Waals surface area (Å²) >= 11 is 0.854. The molecule has 3 rings (SSSR count). The van der Waals surface area contributed by atoms with E-state index >= 15 is 0 Å². The van der Waals surface area contributed by atoms with Crippen molar-refractivity contribution in [2.24, 2.45) is 0 Å². The summed E-state index contributed by atoms with van der Waals surface area (Å²) in [7, 11) is -3.68. The van der Waals surface area contributed by atoms with Gasteiger partial charge in [0.2, 0.25) is 15.4 Å². The molecule has 1 amide bonds. The first kappa shape index (κ1) is 14.8. The third kappa shape index (κ3) is 3.39. The molecule has 116 valence electrons. The van der Waals surface area contributed by atoms with Crippen molar-refractivity contribution >= 4 is 32.4 Å². The van der Waals surface area contributed by atoms with Crippen LogP contribution in [0, 0.1) is 0 Å². The van der Waals surface area contributed by atoms with E-state index < -0.39 is 10.0 Å². The number of carbonyl (C=O) groups excluding carboxylic acids is 1. The minimum atomic E-state index is -3.68. The number of rotatable bonds is 4. The van der Waals surface area contributed by atoms with Gasteiger partial charge >= 0.3 is 0 Å². The molecule has 2 aliphatic heterocycles. The van der Waals surface area contributed by atoms with Gasteiger partial charge in [0.05, 0.1) is 0 Å². The summed E-state index contributed by atoms with van der Waals surface area (Å²) < 4.78 is 27.2. The van der Waals surface area contributed by atoms with E-state index in [0.29, 0.717) is 12.1 Å². The van der Waals surface area contributed by atoms with Crippen molar-refractivity contribution in [2.75, 3.05) is 5.32 Å². The molecule has 2 aliphatic rings. The third-order valence-corrected chi connectivity index (χ3v) is 6.44. The molecule has 21 heavy (non-hydrogen) atoms. The Kier molecular flexibility index (Phi) is 3.95. The van der Waals surface area contributed by atoms with Crippen molar-refractivity contribution in [2.45, 2.75) is 55.1 Å². The van der Waals surface area contributed by atoms with Crippen LogP contribution < -0.4 is 15.4 Å². The van der Waals surface area contributed by atoms with Crippen LogP contribution in [0.2, 0.25) is 0 Å². The molecule has 2 atom stereocenters. The predicted octanol–water partition coefficient (Wildman–Crippen LogP) is 0.0578. The SMILES string of the molecule is CC(=O)Nc1nnc(S(=O)(=O)NC2CC3CCC(C2)N3)s1. The molecule has 0 radical (unpaired) electrons. The highest BCUT2D eigenvalue weighted by atomic mass is 32.2. The van der Waals surface area contributed by atoms with Crippen LogP contribution in [-0.2, 0) is 14.8 Å². The Balaban J connectivity index is 1.69. The Morgan fingerprint density at radius 1 is 1.29 bits per heavy atom. The van der Waals surface area contributed by atoms with E-state index in [-0.39, 0.29) is 21.4 Å². The molecule has 0 aromatic carbocycles. The number of hydrogen-bond acceptors (Lipinski definition) is 7. The Labute approximate surface area is 126 Å². The molecule has 8 nitrogen and oxygen atoms in total. The summed E-state index contributed by atoms with van der Waals surface area (Å²) in [5, 5.41) is 13.4. The van der Waals surface area contributed by atoms with Crippen LogP contribution in [0.1, 0.15) is 32.6 Å². The first-order valence-electron chi connectivity index (χ1n) is 6.82. The molecular weight excluding hydrogens is 314 g/mol. The smallest absolute Gasteiger partial charge is 0.270 e. The summed E-state index contributed by atoms with van der Waals surface area (Å²) in [5.74, 6) is -0.307. The van der Waals surface area contributed by atoms with Crippen LogP contribution >= 0.6 is 11.3 Å². The first-order chi connectivity index (χ1) is 9.92. The normalized spacial score (nSPS) is 28.5. The summed E-state index contributed by atoms with van der Waals surface area (Å²) in [6.07, 6.45) is 3.81. The number of anilines is 1. The van der Waals surface area contributed by atoms with Gasteiger partial charge < -0.3 is 10.6 Å². The van der Waals surface area contributed by atoms with Gasteiger partial charge in [-0.05, 0) is 25.7 Å². The monoisotopic (exact) mass is 331 g/mol. The molecule has 2 bridgehead atoms. The second-order valence-corrected chi connectivity index (χ2v) is 8.35. The van der Waals surface area contributed by atoms with Crippen molar-refractivity contribution in [3.8, 4) is 0 Å². The molecule has 3 heterocycles. The summed E-state index contributed by atoms with van der Waals surface area (Å²) in [6.45, 7) is 1.33. The number of amides is 1. The van der Waals surface area contributed by atoms with Gasteiger partial charge in [0.25, 0.3) is 10.0 Å². The second-order valence-electron chi connectivity index (χ2n) is 5.48. The summed E-state index contributed by atoms with van der Waals surface area (Å²) in [5.41, 5.74) is 0. The highest BCUT2D eigenvalue weighted by molar-refractivity contribution is 7.91. The van der Waals surface area contributed by atoms with Crippen molar-refractivity contribution in [1.29, 1.82) is 0 Å². The van der Waals surface area contributed by atoms with Crippen molar-refractivity contribution < 1.29 is 13.2 Å². The zero-order chi connectivity index (χ0) is 15.0. The van der Waals surface area contributed by atoms with E-state index in [2.05, 4.69) is 25.6 Å². The molecule has 1 aromatic heterocycles. The number of aromatic nitrogens is 2. The van der Waals surface area contributed by atoms with Gasteiger partial charge in [-0.1, -0.05) is 11.3 Å². The molecule has 0 aliphatic carbocycles. The average molecular weight is 331 g/mol. The molecular formula is C11H17N5O3S2. The minimum Gasteiger partial charge on any atom is -0.311 e. The van der Waals surface area contributed by atoms with Crippen molar-refractivity contribution in [1.82, 2.24) is 20.2 Å². The zero-order valence-electron chi connectivity index (χ0n) is 11.5. The minimum absolute atomic E-state index is 0.0677. The molecule has 0 saturated carbocycles. The Hall–Kier alpha value is -1.10. The lowest BCUT2D eigenvalue weighted by atomic mass is 10.0. The molecule has 0 spiro atoms. The highest BCUT2D eigenvalue weighted by Crippen LogP contribution is 2.28. The van der Waals surface area contributed by atoms with E-state index in [9.17, 15) is 13.2 Å².